The van der Waals surface area contributed by atoms with E-state index in [4.69, 9.17) is 13.3 Å². The van der Waals surface area contributed by atoms with Crippen LogP contribution in [0.2, 0.25) is 0 Å². The van der Waals surface area contributed by atoms with Gasteiger partial charge in [-0.3, -0.25) is 4.90 Å². The molecule has 0 aliphatic rings. The maximum atomic E-state index is 13.1. The lowest BCUT2D eigenvalue weighted by Gasteiger charge is -2.28. The van der Waals surface area contributed by atoms with Gasteiger partial charge in [0.25, 0.3) is 0 Å². The molecule has 0 amide bonds. The molecule has 46 heavy (non-hydrogen) atoms. The first kappa shape index (κ1) is 37.6. The van der Waals surface area contributed by atoms with Crippen LogP contribution in [0.5, 0.6) is 11.5 Å². The van der Waals surface area contributed by atoms with E-state index in [1.54, 1.807) is 43.0 Å². The molecule has 8 nitrogen and oxygen atoms in total. The van der Waals surface area contributed by atoms with Crippen LogP contribution in [-0.4, -0.2) is 56.7 Å². The normalized spacial score (nSPS) is 13.2. The van der Waals surface area contributed by atoms with Crippen molar-refractivity contribution in [3.63, 3.8) is 0 Å². The lowest BCUT2D eigenvalue weighted by Crippen LogP contribution is -2.39. The maximum Gasteiger partial charge on any atom is 0.310 e. The fourth-order valence-electron chi connectivity index (χ4n) is 5.61. The molecule has 3 rings (SSSR count). The predicted octanol–water partition coefficient (Wildman–Crippen LogP) is 7.77. The van der Waals surface area contributed by atoms with Crippen LogP contribution >= 0.6 is 0 Å². The van der Waals surface area contributed by atoms with Gasteiger partial charge in [0.15, 0.2) is 9.84 Å². The van der Waals surface area contributed by atoms with Gasteiger partial charge in [-0.15, -0.1) is 0 Å². The Morgan fingerprint density at radius 3 is 1.78 bits per heavy atom. The van der Waals surface area contributed by atoms with Crippen molar-refractivity contribution >= 4 is 20.0 Å². The number of nitrogens with zero attached hydrogens (tertiary/aromatic N) is 1. The van der Waals surface area contributed by atoms with Crippen molar-refractivity contribution in [2.24, 2.45) is 0 Å². The molecule has 0 atom stereocenters. The zero-order chi connectivity index (χ0) is 34.2. The molecular weight excluding hydrogens is 623 g/mol. The van der Waals surface area contributed by atoms with Crippen molar-refractivity contribution in [1.82, 2.24) is 4.90 Å². The Balaban J connectivity index is 1.65. The highest BCUT2D eigenvalue weighted by atomic mass is 32.2. The van der Waals surface area contributed by atoms with E-state index in [0.29, 0.717) is 18.7 Å². The van der Waals surface area contributed by atoms with Crippen molar-refractivity contribution in [3.05, 3.63) is 83.8 Å². The van der Waals surface area contributed by atoms with Gasteiger partial charge in [-0.1, -0.05) is 64.8 Å². The zero-order valence-corrected chi connectivity index (χ0v) is 30.5. The molecule has 0 spiro atoms. The Morgan fingerprint density at radius 1 is 0.717 bits per heavy atom. The first-order chi connectivity index (χ1) is 21.4. The third-order valence-corrected chi connectivity index (χ3v) is 12.3. The highest BCUT2D eigenvalue weighted by Crippen LogP contribution is 2.34. The van der Waals surface area contributed by atoms with E-state index in [1.807, 2.05) is 31.2 Å². The van der Waals surface area contributed by atoms with Crippen molar-refractivity contribution in [3.8, 4) is 11.5 Å². The van der Waals surface area contributed by atoms with E-state index in [9.17, 15) is 16.8 Å². The summed E-state index contributed by atoms with van der Waals surface area (Å²) in [6.45, 7) is 16.6. The fraction of sp³-hybridized carbons (Fsp3) is 0.556. The number of hydrogen-bond donors (Lipinski definition) is 0. The van der Waals surface area contributed by atoms with Crippen LogP contribution in [0.25, 0.3) is 0 Å². The Bertz CT molecular complexity index is 1570. The predicted molar refractivity (Wildman–Crippen MR) is 186 cm³/mol. The number of furan rings is 1. The van der Waals surface area contributed by atoms with E-state index in [-0.39, 0.29) is 41.4 Å². The van der Waals surface area contributed by atoms with Gasteiger partial charge in [-0.2, -0.15) is 8.42 Å². The SMILES string of the molecule is CCCC(C)(C)Oc1ccc(C(C)(C)c2ccc(OS(=O)(=O)CCN(CCS(=O)(=O)C(C)(C)CCC)Cc3ccco3)cc2)cc1. The molecule has 0 radical (unpaired) electrons. The van der Waals surface area contributed by atoms with Gasteiger partial charge in [0, 0.05) is 18.5 Å². The molecule has 256 valence electrons. The summed E-state index contributed by atoms with van der Waals surface area (Å²) < 4.78 is 68.4. The Morgan fingerprint density at radius 2 is 1.26 bits per heavy atom. The van der Waals surface area contributed by atoms with Gasteiger partial charge in [0.05, 0.1) is 29.1 Å². The minimum atomic E-state index is -3.96. The second-order valence-electron chi connectivity index (χ2n) is 13.8. The third kappa shape index (κ3) is 10.6. The monoisotopic (exact) mass is 675 g/mol. The molecule has 0 unspecified atom stereocenters. The van der Waals surface area contributed by atoms with Crippen molar-refractivity contribution < 1.29 is 30.2 Å². The first-order valence-corrected chi connectivity index (χ1v) is 19.4. The van der Waals surface area contributed by atoms with Gasteiger partial charge in [0.2, 0.25) is 0 Å². The van der Waals surface area contributed by atoms with E-state index >= 15 is 0 Å². The summed E-state index contributed by atoms with van der Waals surface area (Å²) >= 11 is 0. The highest BCUT2D eigenvalue weighted by Gasteiger charge is 2.33. The van der Waals surface area contributed by atoms with Crippen LogP contribution < -0.4 is 8.92 Å². The summed E-state index contributed by atoms with van der Waals surface area (Å²) in [5.41, 5.74) is 1.54. The van der Waals surface area contributed by atoms with E-state index in [1.165, 1.54) is 6.26 Å². The molecule has 0 bridgehead atoms. The summed E-state index contributed by atoms with van der Waals surface area (Å²) in [5.74, 6) is 1.30. The number of ether oxygens (including phenoxy) is 1. The minimum absolute atomic E-state index is 0.0779. The zero-order valence-electron chi connectivity index (χ0n) is 28.8. The molecule has 0 aliphatic heterocycles. The van der Waals surface area contributed by atoms with Crippen molar-refractivity contribution in [2.75, 3.05) is 24.6 Å². The second kappa shape index (κ2) is 15.4. The molecule has 0 fully saturated rings. The lowest BCUT2D eigenvalue weighted by atomic mass is 9.78. The number of hydrogen-bond acceptors (Lipinski definition) is 8. The molecule has 10 heteroatoms. The Kier molecular flexibility index (Phi) is 12.6. The maximum absolute atomic E-state index is 13.1. The minimum Gasteiger partial charge on any atom is -0.488 e. The third-order valence-electron chi connectivity index (χ3n) is 8.61. The van der Waals surface area contributed by atoms with Gasteiger partial charge in [-0.25, -0.2) is 8.42 Å². The molecule has 0 saturated carbocycles. The molecular formula is C36H53NO7S2. The Hall–Kier alpha value is -2.82. The highest BCUT2D eigenvalue weighted by molar-refractivity contribution is 7.92. The number of rotatable bonds is 19. The van der Waals surface area contributed by atoms with Gasteiger partial charge >= 0.3 is 10.1 Å². The van der Waals surface area contributed by atoms with Crippen LogP contribution in [-0.2, 0) is 31.9 Å². The number of benzene rings is 2. The van der Waals surface area contributed by atoms with E-state index < -0.39 is 24.7 Å². The quantitative estimate of drug-likeness (QED) is 0.119. The molecule has 3 aromatic rings. The summed E-state index contributed by atoms with van der Waals surface area (Å²) in [4.78, 5) is 1.78. The molecule has 2 aromatic carbocycles. The standard InChI is InChI=1S/C36H53NO7S2/c1-9-21-34(3,4)43-31-17-13-29(14-18-31)36(7,8)30-15-19-32(20-16-30)44-46(40,41)27-24-37(28-33-12-11-25-42-33)23-26-45(38,39)35(5,6)22-10-2/h11-20,25H,9-10,21-24,26-28H2,1-8H3. The van der Waals surface area contributed by atoms with Crippen LogP contribution in [0.3, 0.4) is 0 Å². The lowest BCUT2D eigenvalue weighted by molar-refractivity contribution is 0.0985. The molecule has 0 N–H and O–H groups in total. The Labute approximate surface area is 277 Å². The van der Waals surface area contributed by atoms with E-state index in [2.05, 4.69) is 46.8 Å². The van der Waals surface area contributed by atoms with Crippen LogP contribution in [0.15, 0.2) is 71.3 Å². The summed E-state index contributed by atoms with van der Waals surface area (Å²) in [7, 11) is -7.37. The molecule has 1 aromatic heterocycles. The topological polar surface area (TPSA) is 103 Å². The average Bonchev–Trinajstić information content (AvgIpc) is 3.48. The average molecular weight is 676 g/mol. The molecule has 0 aliphatic carbocycles. The molecule has 1 heterocycles. The van der Waals surface area contributed by atoms with Crippen LogP contribution in [0, 0.1) is 0 Å². The van der Waals surface area contributed by atoms with Crippen LogP contribution in [0.1, 0.15) is 98.0 Å². The summed E-state index contributed by atoms with van der Waals surface area (Å²) in [5, 5.41) is 0. The first-order valence-electron chi connectivity index (χ1n) is 16.2. The van der Waals surface area contributed by atoms with Crippen LogP contribution in [0.4, 0.5) is 0 Å². The molecule has 0 saturated heterocycles. The van der Waals surface area contributed by atoms with Gasteiger partial charge in [-0.05, 0) is 88.1 Å². The summed E-state index contributed by atoms with van der Waals surface area (Å²) in [6, 6.07) is 18.8. The van der Waals surface area contributed by atoms with Crippen molar-refractivity contribution in [2.45, 2.75) is 103 Å². The smallest absolute Gasteiger partial charge is 0.310 e. The van der Waals surface area contributed by atoms with E-state index in [0.717, 1.165) is 36.1 Å². The van der Waals surface area contributed by atoms with Gasteiger partial charge in [0.1, 0.15) is 22.9 Å². The fourth-order valence-corrected chi connectivity index (χ4v) is 8.15. The van der Waals surface area contributed by atoms with Crippen molar-refractivity contribution in [1.29, 1.82) is 0 Å². The number of sulfone groups is 1. The second-order valence-corrected chi connectivity index (χ2v) is 18.2. The summed E-state index contributed by atoms with van der Waals surface area (Å²) in [6.07, 6.45) is 4.88. The van der Waals surface area contributed by atoms with Gasteiger partial charge < -0.3 is 13.3 Å². The largest absolute Gasteiger partial charge is 0.488 e.